The molecule has 1 aliphatic rings. The van der Waals surface area contributed by atoms with E-state index in [-0.39, 0.29) is 17.1 Å². The molecular weight excluding hydrogens is 502 g/mol. The molecule has 1 unspecified atom stereocenters. The zero-order valence-electron chi connectivity index (χ0n) is 21.0. The van der Waals surface area contributed by atoms with Crippen LogP contribution in [0.2, 0.25) is 0 Å². The van der Waals surface area contributed by atoms with E-state index in [0.29, 0.717) is 23.4 Å². The number of nitrogens with zero attached hydrogens (tertiary/aromatic N) is 3. The molecule has 4 aromatic rings. The molecule has 0 aliphatic carbocycles. The van der Waals surface area contributed by atoms with Crippen molar-refractivity contribution in [3.05, 3.63) is 90.1 Å². The third-order valence-electron chi connectivity index (χ3n) is 6.44. The average molecular weight is 526 g/mol. The molecule has 2 amide bonds. The molecule has 0 bridgehead atoms. The van der Waals surface area contributed by atoms with Crippen LogP contribution in [0.15, 0.2) is 84.6 Å². The van der Waals surface area contributed by atoms with Gasteiger partial charge >= 0.3 is 5.97 Å². The lowest BCUT2D eigenvalue weighted by molar-refractivity contribution is -0.143. The molecule has 1 aliphatic heterocycles. The molecule has 1 N–H and O–H groups in total. The second-order valence-electron chi connectivity index (χ2n) is 8.72. The third kappa shape index (κ3) is 4.48. The second-order valence-corrected chi connectivity index (χ2v) is 8.72. The van der Waals surface area contributed by atoms with Gasteiger partial charge in [-0.2, -0.15) is 0 Å². The van der Waals surface area contributed by atoms with Crippen LogP contribution in [0.1, 0.15) is 18.5 Å². The van der Waals surface area contributed by atoms with Crippen molar-refractivity contribution in [3.8, 4) is 11.5 Å². The summed E-state index contributed by atoms with van der Waals surface area (Å²) in [5, 5.41) is 12.9. The number of carbonyl (C=O) groups is 4. The fraction of sp³-hybridized carbons (Fsp3) is 0.103. The summed E-state index contributed by atoms with van der Waals surface area (Å²) in [6, 6.07) is 18.7. The molecule has 1 atom stereocenters. The first-order chi connectivity index (χ1) is 18.8. The van der Waals surface area contributed by atoms with Gasteiger partial charge in [-0.25, -0.2) is 14.8 Å². The summed E-state index contributed by atoms with van der Waals surface area (Å²) >= 11 is 0. The van der Waals surface area contributed by atoms with Crippen molar-refractivity contribution in [3.63, 3.8) is 0 Å². The highest BCUT2D eigenvalue weighted by Crippen LogP contribution is 2.35. The number of phenols is 1. The number of amides is 2. The summed E-state index contributed by atoms with van der Waals surface area (Å²) in [6.45, 7) is 1.99. The summed E-state index contributed by atoms with van der Waals surface area (Å²) < 4.78 is 11.5. The fourth-order valence-corrected chi connectivity index (χ4v) is 4.51. The van der Waals surface area contributed by atoms with E-state index in [9.17, 15) is 24.3 Å². The number of carbonyl (C=O) groups excluding carboxylic acids is 4. The summed E-state index contributed by atoms with van der Waals surface area (Å²) in [5.41, 5.74) is 1.90. The van der Waals surface area contributed by atoms with Crippen LogP contribution >= 0.6 is 0 Å². The van der Waals surface area contributed by atoms with Crippen LogP contribution in [-0.2, 0) is 23.9 Å². The van der Waals surface area contributed by atoms with Crippen molar-refractivity contribution >= 4 is 52.6 Å². The zero-order valence-corrected chi connectivity index (χ0v) is 21.0. The van der Waals surface area contributed by atoms with E-state index in [2.05, 4.69) is 0 Å². The molecule has 1 saturated heterocycles. The first-order valence-electron chi connectivity index (χ1n) is 11.9. The number of hydrogen-bond acceptors (Lipinski definition) is 7. The summed E-state index contributed by atoms with van der Waals surface area (Å²) in [7, 11) is 1.31. The van der Waals surface area contributed by atoms with E-state index >= 15 is 0 Å². The Morgan fingerprint density at radius 3 is 2.08 bits per heavy atom. The number of aromatic hydroxyl groups is 1. The smallest absolute Gasteiger partial charge is 0.328 e. The Morgan fingerprint density at radius 2 is 1.49 bits per heavy atom. The van der Waals surface area contributed by atoms with Gasteiger partial charge in [0.25, 0.3) is 18.3 Å². The number of anilines is 2. The Balaban J connectivity index is 1.64. The number of rotatable bonds is 7. The van der Waals surface area contributed by atoms with Crippen molar-refractivity contribution in [1.29, 1.82) is 0 Å². The average Bonchev–Trinajstić information content (AvgIpc) is 3.44. The van der Waals surface area contributed by atoms with Gasteiger partial charge < -0.3 is 19.1 Å². The van der Waals surface area contributed by atoms with Gasteiger partial charge in [-0.05, 0) is 67.6 Å². The number of esters is 1. The van der Waals surface area contributed by atoms with Gasteiger partial charge in [0.2, 0.25) is 0 Å². The number of benzene rings is 3. The summed E-state index contributed by atoms with van der Waals surface area (Å²) in [6.07, 6.45) is 3.21. The Kier molecular flexibility index (Phi) is 6.59. The van der Waals surface area contributed by atoms with Crippen LogP contribution in [0.25, 0.3) is 17.0 Å². The molecule has 10 heteroatoms. The minimum atomic E-state index is -0.640. The van der Waals surface area contributed by atoms with Crippen LogP contribution in [0.3, 0.4) is 0 Å². The van der Waals surface area contributed by atoms with Gasteiger partial charge in [0.05, 0.1) is 18.5 Å². The molecule has 3 aromatic carbocycles. The molecule has 0 spiro atoms. The van der Waals surface area contributed by atoms with Crippen molar-refractivity contribution in [1.82, 2.24) is 4.57 Å². The lowest BCUT2D eigenvalue weighted by atomic mass is 10.1. The standard InChI is InChI=1S/C29H23N3O7/c1-18(29(37)38-2)30-16-19(24-5-3-4-6-26(24)30)15-25-27(35)31(20-7-11-22(34)12-8-20)32(28(25)36)21-9-13-23(14-10-21)39-17-33/h3-18,34H,1-2H3. The molecule has 1 fully saturated rings. The largest absolute Gasteiger partial charge is 0.508 e. The second kappa shape index (κ2) is 10.2. The molecule has 0 saturated carbocycles. The van der Waals surface area contributed by atoms with E-state index in [1.807, 2.05) is 24.3 Å². The molecule has 196 valence electrons. The lowest BCUT2D eigenvalue weighted by Crippen LogP contribution is -2.41. The number of ether oxygens (including phenoxy) is 2. The van der Waals surface area contributed by atoms with E-state index in [4.69, 9.17) is 9.47 Å². The number of hydrazine groups is 1. The molecule has 39 heavy (non-hydrogen) atoms. The van der Waals surface area contributed by atoms with Gasteiger partial charge in [-0.1, -0.05) is 18.2 Å². The number of phenolic OH excluding ortho intramolecular Hbond substituents is 1. The van der Waals surface area contributed by atoms with Gasteiger partial charge in [0, 0.05) is 22.7 Å². The number of hydrogen-bond donors (Lipinski definition) is 1. The van der Waals surface area contributed by atoms with Crippen LogP contribution in [-0.4, -0.2) is 41.0 Å². The molecular formula is C29H23N3O7. The summed E-state index contributed by atoms with van der Waals surface area (Å²) in [4.78, 5) is 50.5. The molecule has 1 aromatic heterocycles. The minimum absolute atomic E-state index is 0.00179. The van der Waals surface area contributed by atoms with E-state index in [0.717, 1.165) is 10.9 Å². The van der Waals surface area contributed by atoms with Crippen molar-refractivity contribution in [2.24, 2.45) is 0 Å². The van der Waals surface area contributed by atoms with Gasteiger partial charge in [-0.3, -0.25) is 14.4 Å². The van der Waals surface area contributed by atoms with Crippen LogP contribution in [0.5, 0.6) is 11.5 Å². The van der Waals surface area contributed by atoms with Crippen LogP contribution in [0.4, 0.5) is 11.4 Å². The highest BCUT2D eigenvalue weighted by atomic mass is 16.5. The fourth-order valence-electron chi connectivity index (χ4n) is 4.51. The Morgan fingerprint density at radius 1 is 0.897 bits per heavy atom. The first-order valence-corrected chi connectivity index (χ1v) is 11.9. The SMILES string of the molecule is COC(=O)C(C)n1cc(C=C2C(=O)N(c3ccc(O)cc3)N(c3ccc(OC=O)cc3)C2=O)c2ccccc21. The quantitative estimate of drug-likeness (QED) is 0.168. The first kappa shape index (κ1) is 25.3. The van der Waals surface area contributed by atoms with Crippen molar-refractivity contribution < 1.29 is 33.8 Å². The maximum atomic E-state index is 13.8. The Hall–Kier alpha value is -5.38. The van der Waals surface area contributed by atoms with E-state index in [1.54, 1.807) is 29.8 Å². The molecule has 10 nitrogen and oxygen atoms in total. The number of methoxy groups -OCH3 is 1. The Labute approximate surface area is 222 Å². The van der Waals surface area contributed by atoms with Gasteiger partial charge in [-0.15, -0.1) is 0 Å². The zero-order chi connectivity index (χ0) is 27.7. The predicted octanol–water partition coefficient (Wildman–Crippen LogP) is 3.99. The van der Waals surface area contributed by atoms with E-state index in [1.165, 1.54) is 59.6 Å². The number of aromatic nitrogens is 1. The molecule has 5 rings (SSSR count). The normalized spacial score (nSPS) is 15.2. The monoisotopic (exact) mass is 525 g/mol. The van der Waals surface area contributed by atoms with Gasteiger partial charge in [0.15, 0.2) is 0 Å². The summed E-state index contributed by atoms with van der Waals surface area (Å²) in [5.74, 6) is -1.34. The highest BCUT2D eigenvalue weighted by molar-refractivity contribution is 6.38. The van der Waals surface area contributed by atoms with Crippen molar-refractivity contribution in [2.45, 2.75) is 13.0 Å². The van der Waals surface area contributed by atoms with Crippen LogP contribution in [0, 0.1) is 0 Å². The van der Waals surface area contributed by atoms with Gasteiger partial charge in [0.1, 0.15) is 23.1 Å². The maximum absolute atomic E-state index is 13.8. The van der Waals surface area contributed by atoms with Crippen LogP contribution < -0.4 is 14.8 Å². The number of fused-ring (bicyclic) bond motifs is 1. The molecule has 2 heterocycles. The minimum Gasteiger partial charge on any atom is -0.508 e. The Bertz CT molecular complexity index is 1620. The molecule has 0 radical (unpaired) electrons. The van der Waals surface area contributed by atoms with E-state index < -0.39 is 23.8 Å². The maximum Gasteiger partial charge on any atom is 0.328 e. The predicted molar refractivity (Wildman–Crippen MR) is 143 cm³/mol. The highest BCUT2D eigenvalue weighted by Gasteiger charge is 2.43. The van der Waals surface area contributed by atoms with Crippen molar-refractivity contribution in [2.75, 3.05) is 17.1 Å². The topological polar surface area (TPSA) is 118 Å². The third-order valence-corrected chi connectivity index (χ3v) is 6.44. The number of para-hydroxylation sites is 1. The lowest BCUT2D eigenvalue weighted by Gasteiger charge is -2.27.